The van der Waals surface area contributed by atoms with E-state index in [1.54, 1.807) is 0 Å². The average Bonchev–Trinajstić information content (AvgIpc) is 3.07. The molecule has 9 nitrogen and oxygen atoms in total. The first-order valence-electron chi connectivity index (χ1n) is 19.6. The number of hydrogen-bond acceptors (Lipinski definition) is 7. The molecular formula is C41H73NO8P+. The van der Waals surface area contributed by atoms with Crippen molar-refractivity contribution < 1.29 is 42.1 Å². The van der Waals surface area contributed by atoms with E-state index in [9.17, 15) is 19.0 Å². The summed E-state index contributed by atoms with van der Waals surface area (Å²) in [6.07, 6.45) is 38.5. The second kappa shape index (κ2) is 33.5. The van der Waals surface area contributed by atoms with Crippen LogP contribution in [0.4, 0.5) is 0 Å². The number of likely N-dealkylation sites (N-methyl/N-ethyl adjacent to an activating group) is 1. The number of allylic oxidation sites excluding steroid dienone is 10. The molecule has 0 spiro atoms. The van der Waals surface area contributed by atoms with Crippen molar-refractivity contribution in [3.63, 3.8) is 0 Å². The van der Waals surface area contributed by atoms with E-state index in [2.05, 4.69) is 19.9 Å². The lowest BCUT2D eigenvalue weighted by molar-refractivity contribution is -0.870. The number of carbonyl (C=O) groups is 2. The predicted octanol–water partition coefficient (Wildman–Crippen LogP) is 10.5. The monoisotopic (exact) mass is 739 g/mol. The van der Waals surface area contributed by atoms with Crippen LogP contribution in [0.1, 0.15) is 136 Å². The molecule has 0 aromatic rings. The summed E-state index contributed by atoms with van der Waals surface area (Å²) in [6, 6.07) is 0. The Kier molecular flexibility index (Phi) is 32.0. The molecule has 0 radical (unpaired) electrons. The molecule has 0 aliphatic carbocycles. The topological polar surface area (TPSA) is 108 Å². The number of ether oxygens (including phenoxy) is 2. The molecule has 2 atom stereocenters. The van der Waals surface area contributed by atoms with Crippen LogP contribution in [0.15, 0.2) is 60.8 Å². The van der Waals surface area contributed by atoms with Gasteiger partial charge in [0, 0.05) is 12.8 Å². The Labute approximate surface area is 311 Å². The lowest BCUT2D eigenvalue weighted by atomic mass is 10.0. The number of esters is 2. The molecule has 0 aliphatic rings. The maximum absolute atomic E-state index is 12.6. The quantitative estimate of drug-likeness (QED) is 0.0229. The molecule has 51 heavy (non-hydrogen) atoms. The molecular weight excluding hydrogens is 665 g/mol. The van der Waals surface area contributed by atoms with Gasteiger partial charge in [0.2, 0.25) is 0 Å². The molecule has 0 saturated heterocycles. The maximum Gasteiger partial charge on any atom is 0.472 e. The number of nitrogens with zero attached hydrogens (tertiary/aromatic N) is 1. The fourth-order valence-corrected chi connectivity index (χ4v) is 5.61. The lowest BCUT2D eigenvalue weighted by Gasteiger charge is -2.24. The third-order valence-electron chi connectivity index (χ3n) is 7.94. The van der Waals surface area contributed by atoms with Gasteiger partial charge in [0.1, 0.15) is 19.8 Å². The van der Waals surface area contributed by atoms with Gasteiger partial charge in [-0.1, -0.05) is 158 Å². The van der Waals surface area contributed by atoms with Crippen LogP contribution >= 0.6 is 7.82 Å². The van der Waals surface area contributed by atoms with Crippen molar-refractivity contribution in [2.24, 2.45) is 0 Å². The smallest absolute Gasteiger partial charge is 0.462 e. The molecule has 0 heterocycles. The molecule has 0 aromatic carbocycles. The van der Waals surface area contributed by atoms with E-state index in [-0.39, 0.29) is 26.1 Å². The normalized spacial score (nSPS) is 14.4. The highest BCUT2D eigenvalue weighted by molar-refractivity contribution is 7.47. The molecule has 2 unspecified atom stereocenters. The van der Waals surface area contributed by atoms with Crippen molar-refractivity contribution in [3.8, 4) is 0 Å². The fraction of sp³-hybridized carbons (Fsp3) is 0.707. The molecule has 0 bridgehead atoms. The molecule has 1 N–H and O–H groups in total. The molecule has 0 rings (SSSR count). The Hall–Kier alpha value is -2.29. The van der Waals surface area contributed by atoms with E-state index in [0.717, 1.165) is 25.7 Å². The van der Waals surface area contributed by atoms with Crippen LogP contribution in [0.3, 0.4) is 0 Å². The van der Waals surface area contributed by atoms with Gasteiger partial charge < -0.3 is 18.9 Å². The highest BCUT2D eigenvalue weighted by atomic mass is 31.2. The summed E-state index contributed by atoms with van der Waals surface area (Å²) in [5.74, 6) is -0.889. The first-order valence-corrected chi connectivity index (χ1v) is 21.1. The number of carbonyl (C=O) groups excluding carboxylic acids is 2. The molecule has 294 valence electrons. The minimum absolute atomic E-state index is 0.0165. The summed E-state index contributed by atoms with van der Waals surface area (Å²) < 4.78 is 34.1. The van der Waals surface area contributed by atoms with Gasteiger partial charge >= 0.3 is 19.8 Å². The zero-order valence-corrected chi connectivity index (χ0v) is 33.7. The minimum Gasteiger partial charge on any atom is -0.462 e. The summed E-state index contributed by atoms with van der Waals surface area (Å²) in [5, 5.41) is 0. The van der Waals surface area contributed by atoms with Gasteiger partial charge in [-0.2, -0.15) is 0 Å². The number of phosphoric ester groups is 1. The Morgan fingerprint density at radius 3 is 1.65 bits per heavy atom. The Morgan fingerprint density at radius 2 is 1.12 bits per heavy atom. The van der Waals surface area contributed by atoms with E-state index in [0.29, 0.717) is 23.9 Å². The number of phosphoric acid groups is 1. The van der Waals surface area contributed by atoms with E-state index >= 15 is 0 Å². The number of quaternary nitrogens is 1. The Bertz CT molecular complexity index is 1060. The zero-order chi connectivity index (χ0) is 37.9. The van der Waals surface area contributed by atoms with Gasteiger partial charge in [-0.05, 0) is 25.7 Å². The van der Waals surface area contributed by atoms with Gasteiger partial charge in [0.05, 0.1) is 27.7 Å². The molecule has 0 fully saturated rings. The SMILES string of the molecule is CC/C=C/C=C/C=C/C=C/C=C/CCCC(=O)OC(COC(=O)CCCCCCCCCCCCCCCC)COP(=O)(O)OCC[N+](C)(C)C. The second-order valence-corrected chi connectivity index (χ2v) is 15.5. The molecule has 0 saturated carbocycles. The van der Waals surface area contributed by atoms with E-state index in [1.807, 2.05) is 75.8 Å². The van der Waals surface area contributed by atoms with Crippen LogP contribution in [-0.4, -0.2) is 74.9 Å². The summed E-state index contributed by atoms with van der Waals surface area (Å²) in [6.45, 7) is 4.17. The van der Waals surface area contributed by atoms with E-state index in [4.69, 9.17) is 18.5 Å². The van der Waals surface area contributed by atoms with Crippen LogP contribution in [0.2, 0.25) is 0 Å². The van der Waals surface area contributed by atoms with Crippen molar-refractivity contribution in [1.29, 1.82) is 0 Å². The molecule has 0 amide bonds. The number of unbranched alkanes of at least 4 members (excludes halogenated alkanes) is 14. The fourth-order valence-electron chi connectivity index (χ4n) is 4.87. The molecule has 10 heteroatoms. The average molecular weight is 739 g/mol. The van der Waals surface area contributed by atoms with Crippen molar-refractivity contribution in [2.45, 2.75) is 142 Å². The maximum atomic E-state index is 12.6. The summed E-state index contributed by atoms with van der Waals surface area (Å²) >= 11 is 0. The number of rotatable bonds is 34. The summed E-state index contributed by atoms with van der Waals surface area (Å²) in [5.41, 5.74) is 0. The largest absolute Gasteiger partial charge is 0.472 e. The third-order valence-corrected chi connectivity index (χ3v) is 8.92. The van der Waals surface area contributed by atoms with Crippen molar-refractivity contribution >= 4 is 19.8 Å². The van der Waals surface area contributed by atoms with Crippen LogP contribution in [0, 0.1) is 0 Å². The first kappa shape index (κ1) is 48.7. The van der Waals surface area contributed by atoms with E-state index < -0.39 is 32.5 Å². The van der Waals surface area contributed by atoms with Gasteiger partial charge in [0.15, 0.2) is 6.10 Å². The number of hydrogen-bond donors (Lipinski definition) is 1. The highest BCUT2D eigenvalue weighted by Crippen LogP contribution is 2.43. The van der Waals surface area contributed by atoms with Gasteiger partial charge in [-0.3, -0.25) is 18.6 Å². The van der Waals surface area contributed by atoms with Crippen LogP contribution in [-0.2, 0) is 32.7 Å². The zero-order valence-electron chi connectivity index (χ0n) is 32.8. The van der Waals surface area contributed by atoms with Gasteiger partial charge in [0.25, 0.3) is 0 Å². The van der Waals surface area contributed by atoms with Gasteiger partial charge in [-0.25, -0.2) is 4.57 Å². The van der Waals surface area contributed by atoms with Crippen molar-refractivity contribution in [2.75, 3.05) is 47.5 Å². The minimum atomic E-state index is -4.39. The molecule has 0 aromatic heterocycles. The summed E-state index contributed by atoms with van der Waals surface area (Å²) in [4.78, 5) is 35.2. The van der Waals surface area contributed by atoms with Crippen LogP contribution in [0.25, 0.3) is 0 Å². The highest BCUT2D eigenvalue weighted by Gasteiger charge is 2.27. The second-order valence-electron chi connectivity index (χ2n) is 14.1. The standard InChI is InChI=1S/C41H72NO8P/c1-6-8-10-12-14-16-18-20-22-23-25-27-29-31-33-40(43)47-37-39(38-49-51(45,46)48-36-35-42(3,4)5)50-41(44)34-32-30-28-26-24-21-19-17-15-13-11-9-7-2/h9,11,13,15,17,19,21,24,26,28,39H,6-8,10,12,14,16,18,20,22-23,25,27,29-38H2,1-5H3/p+1/b11-9+,15-13+,19-17+,24-21+,28-26+. The first-order chi connectivity index (χ1) is 24.5. The van der Waals surface area contributed by atoms with Crippen molar-refractivity contribution in [1.82, 2.24) is 0 Å². The van der Waals surface area contributed by atoms with Crippen LogP contribution < -0.4 is 0 Å². The summed E-state index contributed by atoms with van der Waals surface area (Å²) in [7, 11) is 1.42. The third kappa shape index (κ3) is 37.3. The Morgan fingerprint density at radius 1 is 0.627 bits per heavy atom. The van der Waals surface area contributed by atoms with Crippen molar-refractivity contribution in [3.05, 3.63) is 60.8 Å². The predicted molar refractivity (Wildman–Crippen MR) is 210 cm³/mol. The molecule has 0 aliphatic heterocycles. The lowest BCUT2D eigenvalue weighted by Crippen LogP contribution is -2.37. The Balaban J connectivity index is 4.54. The van der Waals surface area contributed by atoms with Gasteiger partial charge in [-0.15, -0.1) is 0 Å². The van der Waals surface area contributed by atoms with Crippen LogP contribution in [0.5, 0.6) is 0 Å². The van der Waals surface area contributed by atoms with E-state index in [1.165, 1.54) is 70.6 Å².